The quantitative estimate of drug-likeness (QED) is 0.663. The van der Waals surface area contributed by atoms with Gasteiger partial charge in [0.15, 0.2) is 0 Å². The molecule has 23 heavy (non-hydrogen) atoms. The summed E-state index contributed by atoms with van der Waals surface area (Å²) in [6.07, 6.45) is 2.79. The molecule has 0 spiro atoms. The van der Waals surface area contributed by atoms with Gasteiger partial charge >= 0.3 is 6.03 Å². The number of furan rings is 1. The maximum Gasteiger partial charge on any atom is 0.331 e. The minimum atomic E-state index is -0.792. The molecule has 3 rings (SSSR count). The van der Waals surface area contributed by atoms with Gasteiger partial charge < -0.3 is 9.52 Å². The van der Waals surface area contributed by atoms with Gasteiger partial charge in [0.2, 0.25) is 0 Å². The number of nitrogens with zero attached hydrogens (tertiary/aromatic N) is 1. The van der Waals surface area contributed by atoms with Crippen LogP contribution in [0.1, 0.15) is 11.3 Å². The number of rotatable bonds is 3. The SMILES string of the molecule is O=C1NC(=O)N(Cc2ccco2)C(=O)/C1=C/c1ccc(O)cc1. The van der Waals surface area contributed by atoms with Crippen LogP contribution in [0.15, 0.2) is 52.7 Å². The summed E-state index contributed by atoms with van der Waals surface area (Å²) in [6.45, 7) is -0.0716. The molecule has 1 aromatic carbocycles. The number of aromatic hydroxyl groups is 1. The summed E-state index contributed by atoms with van der Waals surface area (Å²) in [5.41, 5.74) is 0.385. The summed E-state index contributed by atoms with van der Waals surface area (Å²) in [6, 6.07) is 8.44. The predicted octanol–water partition coefficient (Wildman–Crippen LogP) is 1.65. The highest BCUT2D eigenvalue weighted by Gasteiger charge is 2.36. The average Bonchev–Trinajstić information content (AvgIpc) is 3.03. The lowest BCUT2D eigenvalue weighted by molar-refractivity contribution is -0.130. The minimum Gasteiger partial charge on any atom is -0.508 e. The van der Waals surface area contributed by atoms with Crippen LogP contribution in [0.4, 0.5) is 4.79 Å². The molecule has 2 aromatic rings. The highest BCUT2D eigenvalue weighted by Crippen LogP contribution is 2.18. The van der Waals surface area contributed by atoms with Gasteiger partial charge in [-0.15, -0.1) is 0 Å². The van der Waals surface area contributed by atoms with Gasteiger partial charge in [-0.05, 0) is 35.9 Å². The van der Waals surface area contributed by atoms with Crippen molar-refractivity contribution in [2.24, 2.45) is 0 Å². The Hall–Kier alpha value is -3.35. The third-order valence-electron chi connectivity index (χ3n) is 3.28. The van der Waals surface area contributed by atoms with E-state index in [1.54, 1.807) is 24.3 Å². The monoisotopic (exact) mass is 312 g/mol. The van der Waals surface area contributed by atoms with Gasteiger partial charge in [0.05, 0.1) is 12.8 Å². The van der Waals surface area contributed by atoms with Crippen molar-refractivity contribution in [1.82, 2.24) is 10.2 Å². The van der Waals surface area contributed by atoms with E-state index < -0.39 is 17.8 Å². The van der Waals surface area contributed by atoms with Gasteiger partial charge in [-0.25, -0.2) is 4.79 Å². The third kappa shape index (κ3) is 2.98. The first-order valence-corrected chi connectivity index (χ1v) is 6.75. The van der Waals surface area contributed by atoms with E-state index in [9.17, 15) is 19.5 Å². The Morgan fingerprint density at radius 1 is 1.13 bits per heavy atom. The second-order valence-corrected chi connectivity index (χ2v) is 4.88. The molecular formula is C16H12N2O5. The number of phenols is 1. The normalized spacial score (nSPS) is 16.8. The summed E-state index contributed by atoms with van der Waals surface area (Å²) < 4.78 is 5.12. The fourth-order valence-corrected chi connectivity index (χ4v) is 2.13. The first-order valence-electron chi connectivity index (χ1n) is 6.75. The lowest BCUT2D eigenvalue weighted by atomic mass is 10.1. The van der Waals surface area contributed by atoms with Crippen molar-refractivity contribution in [2.45, 2.75) is 6.54 Å². The number of amides is 4. The molecular weight excluding hydrogens is 300 g/mol. The van der Waals surface area contributed by atoms with Crippen molar-refractivity contribution in [2.75, 3.05) is 0 Å². The van der Waals surface area contributed by atoms with Crippen LogP contribution in [-0.2, 0) is 16.1 Å². The van der Waals surface area contributed by atoms with Crippen LogP contribution < -0.4 is 5.32 Å². The van der Waals surface area contributed by atoms with Crippen LogP contribution >= 0.6 is 0 Å². The molecule has 4 amide bonds. The van der Waals surface area contributed by atoms with E-state index in [-0.39, 0.29) is 17.9 Å². The first kappa shape index (κ1) is 14.6. The minimum absolute atomic E-state index is 0.0706. The summed E-state index contributed by atoms with van der Waals surface area (Å²) in [5.74, 6) is -0.972. The smallest absolute Gasteiger partial charge is 0.331 e. The fourth-order valence-electron chi connectivity index (χ4n) is 2.13. The van der Waals surface area contributed by atoms with Crippen molar-refractivity contribution >= 4 is 23.9 Å². The number of nitrogens with one attached hydrogen (secondary N) is 1. The van der Waals surface area contributed by atoms with Crippen LogP contribution in [0, 0.1) is 0 Å². The molecule has 2 N–H and O–H groups in total. The lowest BCUT2D eigenvalue weighted by Crippen LogP contribution is -2.53. The van der Waals surface area contributed by atoms with E-state index in [2.05, 4.69) is 5.32 Å². The van der Waals surface area contributed by atoms with Crippen LogP contribution in [-0.4, -0.2) is 27.9 Å². The highest BCUT2D eigenvalue weighted by molar-refractivity contribution is 6.30. The van der Waals surface area contributed by atoms with Gasteiger partial charge in [-0.3, -0.25) is 19.8 Å². The Bertz CT molecular complexity index is 790. The molecule has 0 bridgehead atoms. The van der Waals surface area contributed by atoms with E-state index >= 15 is 0 Å². The van der Waals surface area contributed by atoms with E-state index in [1.807, 2.05) is 0 Å². The maximum atomic E-state index is 12.4. The summed E-state index contributed by atoms with van der Waals surface area (Å²) in [7, 11) is 0. The number of hydrogen-bond acceptors (Lipinski definition) is 5. The third-order valence-corrected chi connectivity index (χ3v) is 3.28. The number of hydrogen-bond donors (Lipinski definition) is 2. The predicted molar refractivity (Wildman–Crippen MR) is 78.9 cm³/mol. The number of carbonyl (C=O) groups is 3. The zero-order valence-corrected chi connectivity index (χ0v) is 11.9. The Balaban J connectivity index is 1.90. The van der Waals surface area contributed by atoms with Crippen molar-refractivity contribution in [3.8, 4) is 5.75 Å². The number of phenolic OH excluding ortho intramolecular Hbond substituents is 1. The largest absolute Gasteiger partial charge is 0.508 e. The van der Waals surface area contributed by atoms with E-state index in [4.69, 9.17) is 4.42 Å². The maximum absolute atomic E-state index is 12.4. The number of barbiturate groups is 1. The topological polar surface area (TPSA) is 99.9 Å². The molecule has 0 unspecified atom stereocenters. The molecule has 1 saturated heterocycles. The number of carbonyl (C=O) groups excluding carboxylic acids is 3. The standard InChI is InChI=1S/C16H12N2O5/c19-11-5-3-10(4-6-11)8-13-14(20)17-16(22)18(15(13)21)9-12-2-1-7-23-12/h1-8,19H,9H2,(H,17,20,22)/b13-8+. The molecule has 1 fully saturated rings. The average molecular weight is 312 g/mol. The van der Waals surface area contributed by atoms with Gasteiger partial charge in [0.25, 0.3) is 11.8 Å². The molecule has 1 aliphatic heterocycles. The Morgan fingerprint density at radius 3 is 2.52 bits per heavy atom. The van der Waals surface area contributed by atoms with Crippen LogP contribution in [0.5, 0.6) is 5.75 Å². The molecule has 1 aliphatic rings. The zero-order chi connectivity index (χ0) is 16.4. The van der Waals surface area contributed by atoms with Crippen molar-refractivity contribution in [3.63, 3.8) is 0 Å². The van der Waals surface area contributed by atoms with Gasteiger partial charge in [-0.2, -0.15) is 0 Å². The van der Waals surface area contributed by atoms with E-state index in [0.29, 0.717) is 11.3 Å². The summed E-state index contributed by atoms with van der Waals surface area (Å²) in [4.78, 5) is 37.1. The number of benzene rings is 1. The van der Waals surface area contributed by atoms with Crippen LogP contribution in [0.2, 0.25) is 0 Å². The van der Waals surface area contributed by atoms with E-state index in [1.165, 1.54) is 24.5 Å². The van der Waals surface area contributed by atoms with Gasteiger partial charge in [-0.1, -0.05) is 12.1 Å². The molecule has 2 heterocycles. The van der Waals surface area contributed by atoms with Gasteiger partial charge in [0, 0.05) is 0 Å². The number of imide groups is 2. The molecule has 7 heteroatoms. The van der Waals surface area contributed by atoms with Crippen molar-refractivity contribution in [1.29, 1.82) is 0 Å². The van der Waals surface area contributed by atoms with Crippen LogP contribution in [0.25, 0.3) is 6.08 Å². The van der Waals surface area contributed by atoms with E-state index in [0.717, 1.165) is 4.90 Å². The molecule has 0 aliphatic carbocycles. The first-order chi connectivity index (χ1) is 11.0. The fraction of sp³-hybridized carbons (Fsp3) is 0.0625. The highest BCUT2D eigenvalue weighted by atomic mass is 16.3. The Labute approximate surface area is 130 Å². The molecule has 7 nitrogen and oxygen atoms in total. The lowest BCUT2D eigenvalue weighted by Gasteiger charge is -2.25. The van der Waals surface area contributed by atoms with Crippen molar-refractivity contribution in [3.05, 3.63) is 59.6 Å². The van der Waals surface area contributed by atoms with Crippen LogP contribution in [0.3, 0.4) is 0 Å². The summed E-state index contributed by atoms with van der Waals surface area (Å²) in [5, 5.41) is 11.4. The molecule has 0 radical (unpaired) electrons. The Morgan fingerprint density at radius 2 is 1.87 bits per heavy atom. The zero-order valence-electron chi connectivity index (χ0n) is 11.9. The second-order valence-electron chi connectivity index (χ2n) is 4.88. The molecule has 0 atom stereocenters. The Kier molecular flexibility index (Phi) is 3.68. The second kappa shape index (κ2) is 5.80. The van der Waals surface area contributed by atoms with Gasteiger partial charge in [0.1, 0.15) is 17.1 Å². The molecule has 116 valence electrons. The number of urea groups is 1. The summed E-state index contributed by atoms with van der Waals surface area (Å²) >= 11 is 0. The molecule has 0 saturated carbocycles. The molecule has 1 aromatic heterocycles. The van der Waals surface area contributed by atoms with Crippen molar-refractivity contribution < 1.29 is 23.9 Å².